The molecule has 2 heterocycles. The van der Waals surface area contributed by atoms with Crippen LogP contribution in [0.1, 0.15) is 54.0 Å². The minimum absolute atomic E-state index is 0.0221. The van der Waals surface area contributed by atoms with Crippen molar-refractivity contribution < 1.29 is 23.8 Å². The van der Waals surface area contributed by atoms with Crippen LogP contribution in [-0.4, -0.2) is 70.6 Å². The highest BCUT2D eigenvalue weighted by molar-refractivity contribution is 5.97. The molecule has 0 fully saturated rings. The predicted molar refractivity (Wildman–Crippen MR) is 130 cm³/mol. The van der Waals surface area contributed by atoms with Gasteiger partial charge >= 0.3 is 0 Å². The van der Waals surface area contributed by atoms with Crippen LogP contribution in [-0.2, 0) is 0 Å². The Kier molecular flexibility index (Phi) is 8.47. The highest BCUT2D eigenvalue weighted by atomic mass is 19.1. The number of aliphatic hydroxyl groups is 1. The lowest BCUT2D eigenvalue weighted by molar-refractivity contribution is 0.0312. The van der Waals surface area contributed by atoms with Crippen molar-refractivity contribution in [2.24, 2.45) is 11.8 Å². The van der Waals surface area contributed by atoms with Gasteiger partial charge in [-0.1, -0.05) is 44.7 Å². The maximum Gasteiger partial charge on any atom is 0.259 e. The van der Waals surface area contributed by atoms with E-state index in [0.717, 1.165) is 0 Å². The molecule has 1 aliphatic rings. The second-order valence-electron chi connectivity index (χ2n) is 9.29. The smallest absolute Gasteiger partial charge is 0.259 e. The Morgan fingerprint density at radius 1 is 1.34 bits per heavy atom. The van der Waals surface area contributed by atoms with Gasteiger partial charge in [-0.3, -0.25) is 9.59 Å². The maximum absolute atomic E-state index is 14.2. The summed E-state index contributed by atoms with van der Waals surface area (Å²) in [7, 11) is 1.59. The molecule has 2 aromatic rings. The number of aliphatic hydroxyl groups excluding tert-OH is 1. The number of benzene rings is 1. The third-order valence-corrected chi connectivity index (χ3v) is 5.93. The first-order valence-electron chi connectivity index (χ1n) is 11.7. The molecule has 186 valence electrons. The average molecular weight is 482 g/mol. The molecular formula is C27H32FN3O4. The lowest BCUT2D eigenvalue weighted by Gasteiger charge is -2.37. The van der Waals surface area contributed by atoms with Gasteiger partial charge in [-0.25, -0.2) is 9.37 Å². The Morgan fingerprint density at radius 2 is 2.06 bits per heavy atom. The number of nitrogens with zero attached hydrogens (tertiary/aromatic N) is 3. The van der Waals surface area contributed by atoms with Crippen LogP contribution < -0.4 is 4.74 Å². The Labute approximate surface area is 205 Å². The molecule has 1 N–H and O–H groups in total. The number of fused-ring (bicyclic) bond motifs is 1. The van der Waals surface area contributed by atoms with Crippen molar-refractivity contribution >= 4 is 11.8 Å². The highest BCUT2D eigenvalue weighted by Gasteiger charge is 2.35. The monoisotopic (exact) mass is 481 g/mol. The Hall–Kier alpha value is -3.44. The van der Waals surface area contributed by atoms with Gasteiger partial charge in [-0.15, -0.1) is 0 Å². The predicted octanol–water partition coefficient (Wildman–Crippen LogP) is 3.22. The first kappa shape index (κ1) is 26.2. The Morgan fingerprint density at radius 3 is 2.71 bits per heavy atom. The summed E-state index contributed by atoms with van der Waals surface area (Å²) >= 11 is 0. The SMILES string of the molecule is CC(C)C#Cc1cnc2c(c1)C(=O)N([C@H](C)CO)C[C@H](C)[C@@H](CN(C)C(=O)c1ccccc1F)O2. The molecule has 0 aliphatic carbocycles. The summed E-state index contributed by atoms with van der Waals surface area (Å²) in [4.78, 5) is 33.7. The second kappa shape index (κ2) is 11.3. The number of likely N-dealkylation sites (N-methyl/N-ethyl adjacent to an activating group) is 1. The standard InChI is InChI=1S/C27H32FN3O4/c1-17(2)10-11-20-12-22-25(29-13-20)35-24(18(3)14-31(27(22)34)19(4)16-32)15-30(5)26(33)21-8-6-7-9-23(21)28/h6-9,12-13,17-19,24,32H,14-16H2,1-5H3/t18-,19+,24+/m0/s1. The van der Waals surface area contributed by atoms with Crippen molar-refractivity contribution in [1.29, 1.82) is 0 Å². The van der Waals surface area contributed by atoms with E-state index in [0.29, 0.717) is 12.1 Å². The molecule has 35 heavy (non-hydrogen) atoms. The van der Waals surface area contributed by atoms with Gasteiger partial charge in [0, 0.05) is 37.2 Å². The molecule has 3 atom stereocenters. The van der Waals surface area contributed by atoms with Crippen molar-refractivity contribution in [3.05, 3.63) is 59.0 Å². The number of amides is 2. The molecule has 0 saturated heterocycles. The number of carbonyl (C=O) groups is 2. The van der Waals surface area contributed by atoms with Gasteiger partial charge in [0.2, 0.25) is 5.88 Å². The molecule has 0 spiro atoms. The molecular weight excluding hydrogens is 449 g/mol. The van der Waals surface area contributed by atoms with Crippen LogP contribution in [0.15, 0.2) is 36.5 Å². The van der Waals surface area contributed by atoms with Crippen LogP contribution in [0.4, 0.5) is 4.39 Å². The van der Waals surface area contributed by atoms with Gasteiger partial charge in [-0.05, 0) is 25.1 Å². The van der Waals surface area contributed by atoms with Crippen LogP contribution in [0, 0.1) is 29.5 Å². The summed E-state index contributed by atoms with van der Waals surface area (Å²) in [6.07, 6.45) is 1.02. The maximum atomic E-state index is 14.2. The first-order valence-corrected chi connectivity index (χ1v) is 11.7. The number of hydrogen-bond donors (Lipinski definition) is 1. The summed E-state index contributed by atoms with van der Waals surface area (Å²) in [6.45, 7) is 7.87. The van der Waals surface area contributed by atoms with Crippen LogP contribution in [0.25, 0.3) is 0 Å². The molecule has 3 rings (SSSR count). The van der Waals surface area contributed by atoms with E-state index in [1.54, 1.807) is 37.2 Å². The number of ether oxygens (including phenoxy) is 1. The minimum atomic E-state index is -0.591. The van der Waals surface area contributed by atoms with Crippen LogP contribution in [0.2, 0.25) is 0 Å². The zero-order valence-electron chi connectivity index (χ0n) is 20.8. The topological polar surface area (TPSA) is 83.0 Å². The molecule has 7 nitrogen and oxygen atoms in total. The van der Waals surface area contributed by atoms with Crippen molar-refractivity contribution in [1.82, 2.24) is 14.8 Å². The molecule has 2 amide bonds. The number of halogens is 1. The van der Waals surface area contributed by atoms with E-state index in [4.69, 9.17) is 4.74 Å². The molecule has 0 saturated carbocycles. The summed E-state index contributed by atoms with van der Waals surface area (Å²) in [6, 6.07) is 7.05. The van der Waals surface area contributed by atoms with E-state index >= 15 is 0 Å². The van der Waals surface area contributed by atoms with E-state index in [1.165, 1.54) is 23.1 Å². The average Bonchev–Trinajstić information content (AvgIpc) is 2.84. The molecule has 1 aromatic carbocycles. The third-order valence-electron chi connectivity index (χ3n) is 5.93. The second-order valence-corrected chi connectivity index (χ2v) is 9.29. The summed E-state index contributed by atoms with van der Waals surface area (Å²) in [5.74, 6) is 4.81. The largest absolute Gasteiger partial charge is 0.472 e. The fourth-order valence-corrected chi connectivity index (χ4v) is 3.81. The summed E-state index contributed by atoms with van der Waals surface area (Å²) in [5, 5.41) is 9.79. The van der Waals surface area contributed by atoms with Crippen LogP contribution >= 0.6 is 0 Å². The van der Waals surface area contributed by atoms with Gasteiger partial charge < -0.3 is 19.6 Å². The number of carbonyl (C=O) groups excluding carboxylic acids is 2. The highest BCUT2D eigenvalue weighted by Crippen LogP contribution is 2.27. The molecule has 0 bridgehead atoms. The number of hydrogen-bond acceptors (Lipinski definition) is 5. The zero-order chi connectivity index (χ0) is 25.7. The van der Waals surface area contributed by atoms with Gasteiger partial charge in [0.1, 0.15) is 17.5 Å². The first-order chi connectivity index (χ1) is 16.6. The lowest BCUT2D eigenvalue weighted by Crippen LogP contribution is -2.50. The summed E-state index contributed by atoms with van der Waals surface area (Å²) in [5.41, 5.74) is 0.815. The van der Waals surface area contributed by atoms with E-state index in [1.807, 2.05) is 20.8 Å². The van der Waals surface area contributed by atoms with Gasteiger partial charge in [0.05, 0.1) is 24.8 Å². The molecule has 1 aliphatic heterocycles. The van der Waals surface area contributed by atoms with Gasteiger partial charge in [0.15, 0.2) is 0 Å². The van der Waals surface area contributed by atoms with Gasteiger partial charge in [-0.2, -0.15) is 0 Å². The number of pyridine rings is 1. The molecule has 0 radical (unpaired) electrons. The van der Waals surface area contributed by atoms with Gasteiger partial charge in [0.25, 0.3) is 11.8 Å². The Balaban J connectivity index is 1.96. The minimum Gasteiger partial charge on any atom is -0.472 e. The van der Waals surface area contributed by atoms with Crippen molar-refractivity contribution in [3.63, 3.8) is 0 Å². The molecule has 1 aromatic heterocycles. The van der Waals surface area contributed by atoms with E-state index in [-0.39, 0.29) is 47.9 Å². The normalized spacial score (nSPS) is 18.5. The van der Waals surface area contributed by atoms with E-state index in [9.17, 15) is 19.1 Å². The fraction of sp³-hybridized carbons (Fsp3) is 0.444. The fourth-order valence-electron chi connectivity index (χ4n) is 3.81. The van der Waals surface area contributed by atoms with E-state index < -0.39 is 23.9 Å². The zero-order valence-corrected chi connectivity index (χ0v) is 20.8. The quantitative estimate of drug-likeness (QED) is 0.663. The number of rotatable bonds is 5. The van der Waals surface area contributed by atoms with Crippen LogP contribution in [0.5, 0.6) is 5.88 Å². The molecule has 8 heteroatoms. The van der Waals surface area contributed by atoms with Crippen molar-refractivity contribution in [3.8, 4) is 17.7 Å². The molecule has 0 unspecified atom stereocenters. The number of aromatic nitrogens is 1. The van der Waals surface area contributed by atoms with E-state index in [2.05, 4.69) is 16.8 Å². The Bertz CT molecular complexity index is 1140. The van der Waals surface area contributed by atoms with Crippen molar-refractivity contribution in [2.75, 3.05) is 26.7 Å². The third kappa shape index (κ3) is 6.17. The van der Waals surface area contributed by atoms with Crippen LogP contribution in [0.3, 0.4) is 0 Å². The lowest BCUT2D eigenvalue weighted by atomic mass is 9.99. The van der Waals surface area contributed by atoms with Crippen molar-refractivity contribution in [2.45, 2.75) is 39.8 Å². The summed E-state index contributed by atoms with van der Waals surface area (Å²) < 4.78 is 20.4.